The van der Waals surface area contributed by atoms with Crippen molar-refractivity contribution in [3.8, 4) is 0 Å². The molecule has 0 spiro atoms. The van der Waals surface area contributed by atoms with E-state index in [-0.39, 0.29) is 0 Å². The Bertz CT molecular complexity index is 1660. The van der Waals surface area contributed by atoms with Gasteiger partial charge in [0.15, 0.2) is 0 Å². The zero-order chi connectivity index (χ0) is 27.6. The van der Waals surface area contributed by atoms with Crippen LogP contribution in [0.15, 0.2) is 71.8 Å². The summed E-state index contributed by atoms with van der Waals surface area (Å²) in [6.07, 6.45) is 9.29. The van der Waals surface area contributed by atoms with Gasteiger partial charge >= 0.3 is 0 Å². The highest BCUT2D eigenvalue weighted by Gasteiger charge is 2.45. The van der Waals surface area contributed by atoms with Gasteiger partial charge < -0.3 is 0 Å². The molecule has 3 fully saturated rings. The Labute approximate surface area is 239 Å². The molecule has 2 saturated carbocycles. The summed E-state index contributed by atoms with van der Waals surface area (Å²) < 4.78 is 29.2. The van der Waals surface area contributed by atoms with E-state index in [1.807, 2.05) is 19.1 Å². The Morgan fingerprint density at radius 3 is 2.35 bits per heavy atom. The van der Waals surface area contributed by atoms with Crippen molar-refractivity contribution in [2.45, 2.75) is 82.7 Å². The molecule has 2 aliphatic carbocycles. The third-order valence-electron chi connectivity index (χ3n) is 9.94. The molecule has 3 atom stereocenters. The fraction of sp³-hybridized carbons (Fsp3) is 0.429. The van der Waals surface area contributed by atoms with Gasteiger partial charge in [-0.15, -0.1) is 0 Å². The van der Waals surface area contributed by atoms with Gasteiger partial charge in [0.1, 0.15) is 0 Å². The van der Waals surface area contributed by atoms with E-state index < -0.39 is 10.0 Å². The van der Waals surface area contributed by atoms with Gasteiger partial charge in [0, 0.05) is 30.7 Å². The van der Waals surface area contributed by atoms with E-state index in [4.69, 9.17) is 0 Å². The van der Waals surface area contributed by atoms with Crippen LogP contribution in [0.4, 0.5) is 0 Å². The van der Waals surface area contributed by atoms with E-state index in [1.54, 1.807) is 18.3 Å². The Hall–Kier alpha value is -2.89. The summed E-state index contributed by atoms with van der Waals surface area (Å²) in [5.41, 5.74) is 8.56. The highest BCUT2D eigenvalue weighted by Crippen LogP contribution is 2.51. The van der Waals surface area contributed by atoms with Gasteiger partial charge in [-0.3, -0.25) is 4.90 Å². The molecule has 0 N–H and O–H groups in total. The molecule has 7 rings (SSSR count). The van der Waals surface area contributed by atoms with Crippen LogP contribution in [0.25, 0.3) is 10.9 Å². The monoisotopic (exact) mass is 552 g/mol. The van der Waals surface area contributed by atoms with E-state index in [9.17, 15) is 8.42 Å². The molecule has 4 nitrogen and oxygen atoms in total. The van der Waals surface area contributed by atoms with Gasteiger partial charge in [-0.1, -0.05) is 61.4 Å². The second kappa shape index (κ2) is 9.88. The lowest BCUT2D eigenvalue weighted by Gasteiger charge is -2.30. The largest absolute Gasteiger partial charge is 0.291 e. The van der Waals surface area contributed by atoms with Crippen molar-refractivity contribution in [1.29, 1.82) is 0 Å². The average molecular weight is 553 g/mol. The summed E-state index contributed by atoms with van der Waals surface area (Å²) in [6.45, 7) is 8.29. The van der Waals surface area contributed by atoms with Crippen molar-refractivity contribution in [1.82, 2.24) is 8.87 Å². The van der Waals surface area contributed by atoms with Crippen LogP contribution in [0, 0.1) is 25.7 Å². The predicted molar refractivity (Wildman–Crippen MR) is 162 cm³/mol. The molecule has 4 aromatic rings. The number of fused-ring (bicyclic) bond motifs is 2. The van der Waals surface area contributed by atoms with Crippen LogP contribution >= 0.6 is 0 Å². The maximum Gasteiger partial charge on any atom is 0.268 e. The van der Waals surface area contributed by atoms with Crippen LogP contribution in [-0.4, -0.2) is 23.8 Å². The van der Waals surface area contributed by atoms with E-state index in [1.165, 1.54) is 58.3 Å². The summed E-state index contributed by atoms with van der Waals surface area (Å²) in [4.78, 5) is 3.07. The van der Waals surface area contributed by atoms with Gasteiger partial charge in [-0.25, -0.2) is 12.4 Å². The van der Waals surface area contributed by atoms with Gasteiger partial charge in [-0.05, 0) is 110 Å². The van der Waals surface area contributed by atoms with Crippen molar-refractivity contribution in [2.24, 2.45) is 11.8 Å². The number of aromatic nitrogens is 1. The first-order chi connectivity index (χ1) is 19.3. The van der Waals surface area contributed by atoms with E-state index >= 15 is 0 Å². The SMILES string of the molecule is CCc1ccc(C2C3CCCC3CN2Cc2c(C3CC3)cc(C)c3c2ccn3S(=O)(=O)c2ccc(C)cc2)cc1. The first kappa shape index (κ1) is 26.0. The van der Waals surface area contributed by atoms with Gasteiger partial charge in [-0.2, -0.15) is 0 Å². The highest BCUT2D eigenvalue weighted by atomic mass is 32.2. The number of nitrogens with zero attached hydrogens (tertiary/aromatic N) is 2. The Morgan fingerprint density at radius 1 is 0.900 bits per heavy atom. The minimum absolute atomic E-state index is 0.339. The van der Waals surface area contributed by atoms with Crippen molar-refractivity contribution in [3.63, 3.8) is 0 Å². The lowest BCUT2D eigenvalue weighted by atomic mass is 9.88. The third-order valence-corrected chi connectivity index (χ3v) is 11.6. The molecular weight excluding hydrogens is 512 g/mol. The van der Waals surface area contributed by atoms with E-state index in [0.717, 1.165) is 47.5 Å². The summed E-state index contributed by atoms with van der Waals surface area (Å²) >= 11 is 0. The molecule has 3 aliphatic rings. The minimum Gasteiger partial charge on any atom is -0.291 e. The minimum atomic E-state index is -3.69. The molecule has 40 heavy (non-hydrogen) atoms. The molecule has 3 aromatic carbocycles. The fourth-order valence-electron chi connectivity index (χ4n) is 7.72. The standard InChI is InChI=1S/C35H40N2O2S/c1-4-25-10-12-27(13-11-25)35-30-7-5-6-28(30)21-36(35)22-33-31-18-19-37(34(31)24(3)20-32(33)26-14-15-26)40(38,39)29-16-8-23(2)9-17-29/h8-13,16-20,26,28,30,35H,4-7,14-15,21-22H2,1-3H3. The quantitative estimate of drug-likeness (QED) is 0.234. The van der Waals surface area contributed by atoms with Crippen molar-refractivity contribution in [2.75, 3.05) is 6.54 Å². The zero-order valence-electron chi connectivity index (χ0n) is 23.9. The molecular formula is C35H40N2O2S. The number of rotatable bonds is 7. The number of likely N-dealkylation sites (tertiary alicyclic amines) is 1. The zero-order valence-corrected chi connectivity index (χ0v) is 24.8. The number of benzene rings is 3. The average Bonchev–Trinajstić information content (AvgIpc) is 3.35. The molecule has 1 aliphatic heterocycles. The molecule has 0 bridgehead atoms. The van der Waals surface area contributed by atoms with Crippen molar-refractivity contribution < 1.29 is 8.42 Å². The van der Waals surface area contributed by atoms with E-state index in [2.05, 4.69) is 55.1 Å². The Morgan fingerprint density at radius 2 is 1.65 bits per heavy atom. The maximum absolute atomic E-state index is 13.8. The van der Waals surface area contributed by atoms with Crippen LogP contribution < -0.4 is 0 Å². The maximum atomic E-state index is 13.8. The van der Waals surface area contributed by atoms with Crippen LogP contribution in [0.3, 0.4) is 0 Å². The van der Waals surface area contributed by atoms with Crippen LogP contribution in [-0.2, 0) is 23.0 Å². The summed E-state index contributed by atoms with van der Waals surface area (Å²) in [7, 11) is -3.69. The van der Waals surface area contributed by atoms with E-state index in [0.29, 0.717) is 22.8 Å². The molecule has 2 heterocycles. The number of hydrogen-bond acceptors (Lipinski definition) is 3. The molecule has 1 aromatic heterocycles. The Kier molecular flexibility index (Phi) is 6.43. The molecule has 3 unspecified atom stereocenters. The lowest BCUT2D eigenvalue weighted by molar-refractivity contribution is 0.215. The summed E-state index contributed by atoms with van der Waals surface area (Å²) in [6, 6.07) is 21.4. The first-order valence-corrected chi connectivity index (χ1v) is 16.6. The second-order valence-electron chi connectivity index (χ2n) is 12.6. The smallest absolute Gasteiger partial charge is 0.268 e. The summed E-state index contributed by atoms with van der Waals surface area (Å²) in [5.74, 6) is 2.07. The molecule has 0 amide bonds. The van der Waals surface area contributed by atoms with Gasteiger partial charge in [0.25, 0.3) is 10.0 Å². The van der Waals surface area contributed by atoms with Crippen molar-refractivity contribution in [3.05, 3.63) is 100 Å². The first-order valence-electron chi connectivity index (χ1n) is 15.1. The van der Waals surface area contributed by atoms with Crippen LogP contribution in [0.5, 0.6) is 0 Å². The van der Waals surface area contributed by atoms with Crippen LogP contribution in [0.2, 0.25) is 0 Å². The molecule has 0 radical (unpaired) electrons. The third kappa shape index (κ3) is 4.33. The molecule has 208 valence electrons. The van der Waals surface area contributed by atoms with Gasteiger partial charge in [0.2, 0.25) is 0 Å². The number of aryl methyl sites for hydroxylation is 3. The summed E-state index contributed by atoms with van der Waals surface area (Å²) in [5, 5.41) is 1.11. The van der Waals surface area contributed by atoms with Crippen LogP contribution in [0.1, 0.15) is 84.4 Å². The fourth-order valence-corrected chi connectivity index (χ4v) is 9.13. The normalized spacial score (nSPS) is 23.2. The molecule has 5 heteroatoms. The lowest BCUT2D eigenvalue weighted by Crippen LogP contribution is -2.26. The highest BCUT2D eigenvalue weighted by molar-refractivity contribution is 7.90. The Balaban J connectivity index is 1.33. The van der Waals surface area contributed by atoms with Gasteiger partial charge in [0.05, 0.1) is 10.4 Å². The topological polar surface area (TPSA) is 42.3 Å². The predicted octanol–water partition coefficient (Wildman–Crippen LogP) is 7.91. The van der Waals surface area contributed by atoms with Crippen molar-refractivity contribution >= 4 is 20.9 Å². The second-order valence-corrected chi connectivity index (χ2v) is 14.4. The molecule has 1 saturated heterocycles. The number of hydrogen-bond donors (Lipinski definition) is 0.